The van der Waals surface area contributed by atoms with E-state index in [0.717, 1.165) is 0 Å². The molecule has 0 atom stereocenters. The van der Waals surface area contributed by atoms with Gasteiger partial charge < -0.3 is 5.11 Å². The molecule has 0 saturated heterocycles. The molecule has 3 heteroatoms. The highest BCUT2D eigenvalue weighted by Crippen LogP contribution is 2.26. The van der Waals surface area contributed by atoms with Crippen LogP contribution in [0.15, 0.2) is 42.5 Å². The number of benzene rings is 2. The predicted octanol–water partition coefficient (Wildman–Crippen LogP) is 3.12. The first-order valence-electron chi connectivity index (χ1n) is 4.86. The summed E-state index contributed by atoms with van der Waals surface area (Å²) in [5.74, 6) is -0.866. The Labute approximate surface area is 92.0 Å². The molecule has 1 nitrogen and oxygen atoms in total. The first kappa shape index (κ1) is 10.8. The summed E-state index contributed by atoms with van der Waals surface area (Å²) in [6, 6.07) is 10.3. The molecule has 0 bridgehead atoms. The fraction of sp³-hybridized carbons (Fsp3) is 0.0769. The summed E-state index contributed by atoms with van der Waals surface area (Å²) < 4.78 is 26.4. The van der Waals surface area contributed by atoms with E-state index in [1.807, 2.05) is 0 Å². The van der Waals surface area contributed by atoms with Gasteiger partial charge in [-0.15, -0.1) is 0 Å². The maximum absolute atomic E-state index is 13.4. The lowest BCUT2D eigenvalue weighted by Gasteiger charge is -2.08. The average molecular weight is 220 g/mol. The Balaban J connectivity index is 2.60. The van der Waals surface area contributed by atoms with E-state index in [4.69, 9.17) is 5.11 Å². The fourth-order valence-corrected chi connectivity index (χ4v) is 1.65. The van der Waals surface area contributed by atoms with E-state index in [1.54, 1.807) is 18.2 Å². The van der Waals surface area contributed by atoms with Crippen LogP contribution >= 0.6 is 0 Å². The van der Waals surface area contributed by atoms with Crippen molar-refractivity contribution in [1.82, 2.24) is 0 Å². The van der Waals surface area contributed by atoms with Gasteiger partial charge in [-0.25, -0.2) is 8.78 Å². The highest BCUT2D eigenvalue weighted by Gasteiger charge is 2.09. The number of hydrogen-bond donors (Lipinski definition) is 1. The van der Waals surface area contributed by atoms with E-state index in [1.165, 1.54) is 24.3 Å². The van der Waals surface area contributed by atoms with E-state index >= 15 is 0 Å². The molecular weight excluding hydrogens is 210 g/mol. The topological polar surface area (TPSA) is 20.2 Å². The minimum Gasteiger partial charge on any atom is -0.392 e. The molecule has 16 heavy (non-hydrogen) atoms. The van der Waals surface area contributed by atoms with Gasteiger partial charge in [0.2, 0.25) is 0 Å². The van der Waals surface area contributed by atoms with Crippen molar-refractivity contribution in [2.75, 3.05) is 0 Å². The van der Waals surface area contributed by atoms with Crippen molar-refractivity contribution in [3.05, 3.63) is 59.7 Å². The zero-order chi connectivity index (χ0) is 11.5. The Kier molecular flexibility index (Phi) is 2.97. The summed E-state index contributed by atoms with van der Waals surface area (Å²) in [5, 5.41) is 9.10. The first-order valence-corrected chi connectivity index (χ1v) is 4.86. The molecule has 0 aromatic heterocycles. The monoisotopic (exact) mass is 220 g/mol. The van der Waals surface area contributed by atoms with Gasteiger partial charge in [0.05, 0.1) is 6.61 Å². The SMILES string of the molecule is OCc1c(F)cccc1-c1cccc(F)c1. The fourth-order valence-electron chi connectivity index (χ4n) is 1.65. The van der Waals surface area contributed by atoms with Crippen molar-refractivity contribution >= 4 is 0 Å². The zero-order valence-electron chi connectivity index (χ0n) is 8.45. The van der Waals surface area contributed by atoms with Crippen molar-refractivity contribution in [1.29, 1.82) is 0 Å². The van der Waals surface area contributed by atoms with Crippen LogP contribution in [0.3, 0.4) is 0 Å². The lowest BCUT2D eigenvalue weighted by atomic mass is 9.99. The number of aliphatic hydroxyl groups is 1. The molecule has 0 spiro atoms. The van der Waals surface area contributed by atoms with Crippen molar-refractivity contribution in [3.8, 4) is 11.1 Å². The van der Waals surface area contributed by atoms with Crippen LogP contribution in [0.4, 0.5) is 8.78 Å². The Bertz CT molecular complexity index is 509. The molecule has 0 fully saturated rings. The van der Waals surface area contributed by atoms with Crippen LogP contribution in [0.1, 0.15) is 5.56 Å². The second-order valence-corrected chi connectivity index (χ2v) is 3.43. The van der Waals surface area contributed by atoms with Crippen LogP contribution < -0.4 is 0 Å². The predicted molar refractivity (Wildman–Crippen MR) is 57.7 cm³/mol. The highest BCUT2D eigenvalue weighted by atomic mass is 19.1. The van der Waals surface area contributed by atoms with Crippen molar-refractivity contribution in [3.63, 3.8) is 0 Å². The molecule has 0 radical (unpaired) electrons. The van der Waals surface area contributed by atoms with Crippen LogP contribution in [0.5, 0.6) is 0 Å². The van der Waals surface area contributed by atoms with Gasteiger partial charge in [0.15, 0.2) is 0 Å². The third-order valence-electron chi connectivity index (χ3n) is 2.41. The summed E-state index contributed by atoms with van der Waals surface area (Å²) >= 11 is 0. The van der Waals surface area contributed by atoms with Gasteiger partial charge in [0.25, 0.3) is 0 Å². The molecule has 82 valence electrons. The Morgan fingerprint density at radius 3 is 2.44 bits per heavy atom. The molecule has 0 aliphatic carbocycles. The van der Waals surface area contributed by atoms with Gasteiger partial charge in [-0.3, -0.25) is 0 Å². The van der Waals surface area contributed by atoms with Crippen molar-refractivity contribution < 1.29 is 13.9 Å². The molecule has 0 unspecified atom stereocenters. The molecule has 0 saturated carbocycles. The van der Waals surface area contributed by atoms with Gasteiger partial charge in [-0.2, -0.15) is 0 Å². The van der Waals surface area contributed by atoms with Gasteiger partial charge in [-0.05, 0) is 29.3 Å². The lowest BCUT2D eigenvalue weighted by Crippen LogP contribution is -1.94. The molecule has 1 N–H and O–H groups in total. The number of rotatable bonds is 2. The van der Waals surface area contributed by atoms with E-state index in [0.29, 0.717) is 11.1 Å². The zero-order valence-corrected chi connectivity index (χ0v) is 8.45. The number of halogens is 2. The number of aliphatic hydroxyl groups excluding tert-OH is 1. The Morgan fingerprint density at radius 2 is 1.75 bits per heavy atom. The maximum Gasteiger partial charge on any atom is 0.129 e. The van der Waals surface area contributed by atoms with E-state index < -0.39 is 12.4 Å². The third-order valence-corrected chi connectivity index (χ3v) is 2.41. The van der Waals surface area contributed by atoms with Gasteiger partial charge in [0.1, 0.15) is 11.6 Å². The summed E-state index contributed by atoms with van der Waals surface area (Å²) in [5.41, 5.74) is 1.26. The minimum absolute atomic E-state index is 0.188. The van der Waals surface area contributed by atoms with Crippen LogP contribution in [-0.4, -0.2) is 5.11 Å². The summed E-state index contributed by atoms with van der Waals surface area (Å²) in [7, 11) is 0. The van der Waals surface area contributed by atoms with Crippen molar-refractivity contribution in [2.24, 2.45) is 0 Å². The molecule has 0 aliphatic rings. The highest BCUT2D eigenvalue weighted by molar-refractivity contribution is 5.67. The first-order chi connectivity index (χ1) is 7.72. The molecule has 2 rings (SSSR count). The molecule has 2 aromatic rings. The summed E-state index contributed by atoms with van der Waals surface area (Å²) in [4.78, 5) is 0. The second kappa shape index (κ2) is 4.41. The minimum atomic E-state index is -0.482. The van der Waals surface area contributed by atoms with E-state index in [-0.39, 0.29) is 11.4 Å². The quantitative estimate of drug-likeness (QED) is 0.824. The normalized spacial score (nSPS) is 10.4. The van der Waals surface area contributed by atoms with E-state index in [9.17, 15) is 8.78 Å². The second-order valence-electron chi connectivity index (χ2n) is 3.43. The van der Waals surface area contributed by atoms with Crippen LogP contribution in [0.25, 0.3) is 11.1 Å². The van der Waals surface area contributed by atoms with Crippen LogP contribution in [-0.2, 0) is 6.61 Å². The van der Waals surface area contributed by atoms with Crippen molar-refractivity contribution in [2.45, 2.75) is 6.61 Å². The summed E-state index contributed by atoms with van der Waals surface area (Å²) in [6.07, 6.45) is 0. The van der Waals surface area contributed by atoms with Crippen LogP contribution in [0, 0.1) is 11.6 Å². The Morgan fingerprint density at radius 1 is 1.00 bits per heavy atom. The average Bonchev–Trinajstić information content (AvgIpc) is 2.28. The summed E-state index contributed by atoms with van der Waals surface area (Å²) in [6.45, 7) is -0.404. The molecule has 0 heterocycles. The molecule has 2 aromatic carbocycles. The van der Waals surface area contributed by atoms with Crippen LogP contribution in [0.2, 0.25) is 0 Å². The molecular formula is C13H10F2O. The third kappa shape index (κ3) is 1.95. The smallest absolute Gasteiger partial charge is 0.129 e. The standard InChI is InChI=1S/C13H10F2O/c14-10-4-1-3-9(7-10)11-5-2-6-13(15)12(11)8-16/h1-7,16H,8H2. The largest absolute Gasteiger partial charge is 0.392 e. The van der Waals surface area contributed by atoms with Gasteiger partial charge >= 0.3 is 0 Å². The number of hydrogen-bond acceptors (Lipinski definition) is 1. The maximum atomic E-state index is 13.4. The molecule has 0 aliphatic heterocycles. The molecule has 0 amide bonds. The lowest BCUT2D eigenvalue weighted by molar-refractivity contribution is 0.276. The van der Waals surface area contributed by atoms with Gasteiger partial charge in [-0.1, -0.05) is 24.3 Å². The van der Waals surface area contributed by atoms with Gasteiger partial charge in [0, 0.05) is 5.56 Å². The van der Waals surface area contributed by atoms with E-state index in [2.05, 4.69) is 0 Å². The Hall–Kier alpha value is -1.74.